The fourth-order valence-corrected chi connectivity index (χ4v) is 4.18. The number of nitrogens with two attached hydrogens (primary N) is 1. The normalized spacial score (nSPS) is 20.3. The first-order valence-electron chi connectivity index (χ1n) is 7.08. The Morgan fingerprint density at radius 3 is 2.81 bits per heavy atom. The van der Waals surface area contributed by atoms with Gasteiger partial charge >= 0.3 is 0 Å². The molecule has 0 bridgehead atoms. The Kier molecular flexibility index (Phi) is 5.14. The molecule has 5 nitrogen and oxygen atoms in total. The summed E-state index contributed by atoms with van der Waals surface area (Å²) in [5.74, 6) is 0.335. The summed E-state index contributed by atoms with van der Waals surface area (Å²) in [5, 5.41) is 0.187. The van der Waals surface area contributed by atoms with Crippen molar-refractivity contribution in [1.29, 1.82) is 0 Å². The largest absolute Gasteiger partial charge is 0.399 e. The molecular weight excluding hydrogens is 310 g/mol. The summed E-state index contributed by atoms with van der Waals surface area (Å²) >= 11 is 5.96. The minimum absolute atomic E-state index is 0.0443. The van der Waals surface area contributed by atoms with Gasteiger partial charge in [-0.05, 0) is 50.9 Å². The first kappa shape index (κ1) is 16.5. The SMILES string of the molecule is CC(C)N1CCC(CNS(=O)(=O)c2cc(N)ccc2Cl)C1. The number of sulfonamides is 1. The van der Waals surface area contributed by atoms with Crippen molar-refractivity contribution >= 4 is 27.3 Å². The van der Waals surface area contributed by atoms with Gasteiger partial charge in [-0.15, -0.1) is 0 Å². The van der Waals surface area contributed by atoms with Crippen LogP contribution in [-0.2, 0) is 10.0 Å². The molecule has 1 heterocycles. The van der Waals surface area contributed by atoms with Crippen LogP contribution in [0.2, 0.25) is 5.02 Å². The van der Waals surface area contributed by atoms with Crippen molar-refractivity contribution in [2.75, 3.05) is 25.4 Å². The number of rotatable bonds is 5. The molecule has 1 saturated heterocycles. The second-order valence-corrected chi connectivity index (χ2v) is 7.93. The van der Waals surface area contributed by atoms with Crippen LogP contribution < -0.4 is 10.5 Å². The van der Waals surface area contributed by atoms with Crippen LogP contribution in [-0.4, -0.2) is 39.0 Å². The van der Waals surface area contributed by atoms with Crippen molar-refractivity contribution in [3.63, 3.8) is 0 Å². The standard InChI is InChI=1S/C14H22ClN3O2S/c1-10(2)18-6-5-11(9-18)8-17-21(19,20)14-7-12(16)3-4-13(14)15/h3-4,7,10-11,17H,5-6,8-9,16H2,1-2H3. The van der Waals surface area contributed by atoms with Crippen LogP contribution in [0.25, 0.3) is 0 Å². The molecule has 1 atom stereocenters. The van der Waals surface area contributed by atoms with Gasteiger partial charge in [0.05, 0.1) is 5.02 Å². The van der Waals surface area contributed by atoms with Gasteiger partial charge in [-0.25, -0.2) is 13.1 Å². The first-order valence-corrected chi connectivity index (χ1v) is 8.94. The molecule has 1 aromatic rings. The maximum atomic E-state index is 12.3. The number of nitrogens with one attached hydrogen (secondary N) is 1. The molecule has 2 rings (SSSR count). The van der Waals surface area contributed by atoms with Crippen molar-refractivity contribution in [3.05, 3.63) is 23.2 Å². The van der Waals surface area contributed by atoms with E-state index >= 15 is 0 Å². The van der Waals surface area contributed by atoms with Gasteiger partial charge in [-0.1, -0.05) is 11.6 Å². The fourth-order valence-electron chi connectivity index (χ4n) is 2.53. The Morgan fingerprint density at radius 1 is 1.48 bits per heavy atom. The van der Waals surface area contributed by atoms with Gasteiger partial charge in [0.1, 0.15) is 4.90 Å². The summed E-state index contributed by atoms with van der Waals surface area (Å²) in [6.45, 7) is 6.67. The minimum atomic E-state index is -3.62. The van der Waals surface area contributed by atoms with Crippen molar-refractivity contribution < 1.29 is 8.42 Å². The Labute approximate surface area is 131 Å². The molecule has 0 saturated carbocycles. The van der Waals surface area contributed by atoms with E-state index in [2.05, 4.69) is 23.5 Å². The summed E-state index contributed by atoms with van der Waals surface area (Å²) in [4.78, 5) is 2.40. The monoisotopic (exact) mass is 331 g/mol. The molecule has 0 radical (unpaired) electrons. The molecule has 1 unspecified atom stereocenters. The maximum Gasteiger partial charge on any atom is 0.242 e. The van der Waals surface area contributed by atoms with E-state index in [4.69, 9.17) is 17.3 Å². The summed E-state index contributed by atoms with van der Waals surface area (Å²) in [5.41, 5.74) is 6.02. The number of halogens is 1. The first-order chi connectivity index (χ1) is 9.79. The van der Waals surface area contributed by atoms with Gasteiger partial charge in [0, 0.05) is 24.8 Å². The third-order valence-corrected chi connectivity index (χ3v) is 5.76. The van der Waals surface area contributed by atoms with Gasteiger partial charge in [-0.3, -0.25) is 0 Å². The molecule has 1 fully saturated rings. The van der Waals surface area contributed by atoms with Crippen molar-refractivity contribution in [2.45, 2.75) is 31.2 Å². The molecule has 7 heteroatoms. The Hall–Kier alpha value is -0.820. The van der Waals surface area contributed by atoms with E-state index in [1.807, 2.05) is 0 Å². The minimum Gasteiger partial charge on any atom is -0.399 e. The quantitative estimate of drug-likeness (QED) is 0.808. The molecule has 1 aliphatic rings. The van der Waals surface area contributed by atoms with Crippen LogP contribution in [0.5, 0.6) is 0 Å². The van der Waals surface area contributed by atoms with Gasteiger partial charge in [0.15, 0.2) is 0 Å². The van der Waals surface area contributed by atoms with Crippen LogP contribution in [0.1, 0.15) is 20.3 Å². The molecule has 21 heavy (non-hydrogen) atoms. The van der Waals surface area contributed by atoms with Gasteiger partial charge in [0.25, 0.3) is 0 Å². The summed E-state index contributed by atoms with van der Waals surface area (Å²) < 4.78 is 27.3. The lowest BCUT2D eigenvalue weighted by Gasteiger charge is -2.20. The highest BCUT2D eigenvalue weighted by atomic mass is 35.5. The van der Waals surface area contributed by atoms with Crippen LogP contribution in [0, 0.1) is 5.92 Å². The molecule has 0 spiro atoms. The highest BCUT2D eigenvalue weighted by Gasteiger charge is 2.26. The number of nitrogen functional groups attached to an aromatic ring is 1. The Bertz CT molecular complexity index is 604. The topological polar surface area (TPSA) is 75.4 Å². The predicted octanol–water partition coefficient (Wildman–Crippen LogP) is 1.93. The van der Waals surface area contributed by atoms with E-state index in [0.29, 0.717) is 24.2 Å². The molecule has 1 aromatic carbocycles. The number of likely N-dealkylation sites (tertiary alicyclic amines) is 1. The molecule has 0 aliphatic carbocycles. The van der Waals surface area contributed by atoms with E-state index in [9.17, 15) is 8.42 Å². The zero-order valence-electron chi connectivity index (χ0n) is 12.3. The second-order valence-electron chi connectivity index (χ2n) is 5.79. The van der Waals surface area contributed by atoms with E-state index in [1.54, 1.807) is 6.07 Å². The molecule has 1 aliphatic heterocycles. The van der Waals surface area contributed by atoms with Crippen molar-refractivity contribution in [3.8, 4) is 0 Å². The maximum absolute atomic E-state index is 12.3. The van der Waals surface area contributed by atoms with E-state index in [0.717, 1.165) is 19.5 Å². The third kappa shape index (κ3) is 4.10. The predicted molar refractivity (Wildman–Crippen MR) is 85.9 cm³/mol. The summed E-state index contributed by atoms with van der Waals surface area (Å²) in [7, 11) is -3.62. The summed E-state index contributed by atoms with van der Waals surface area (Å²) in [6, 6.07) is 4.97. The number of nitrogens with zero attached hydrogens (tertiary/aromatic N) is 1. The lowest BCUT2D eigenvalue weighted by molar-refractivity contribution is 0.265. The highest BCUT2D eigenvalue weighted by molar-refractivity contribution is 7.89. The average Bonchev–Trinajstić information content (AvgIpc) is 2.88. The number of benzene rings is 1. The van der Waals surface area contributed by atoms with Crippen LogP contribution in [0.15, 0.2) is 23.1 Å². The van der Waals surface area contributed by atoms with E-state index < -0.39 is 10.0 Å². The van der Waals surface area contributed by atoms with Gasteiger partial charge in [0.2, 0.25) is 10.0 Å². The number of anilines is 1. The van der Waals surface area contributed by atoms with Crippen LogP contribution in [0.3, 0.4) is 0 Å². The zero-order chi connectivity index (χ0) is 15.6. The number of hydrogen-bond acceptors (Lipinski definition) is 4. The van der Waals surface area contributed by atoms with Crippen LogP contribution >= 0.6 is 11.6 Å². The number of hydrogen-bond donors (Lipinski definition) is 2. The van der Waals surface area contributed by atoms with Crippen molar-refractivity contribution in [1.82, 2.24) is 9.62 Å². The van der Waals surface area contributed by atoms with E-state index in [-0.39, 0.29) is 9.92 Å². The second kappa shape index (κ2) is 6.52. The van der Waals surface area contributed by atoms with Crippen LogP contribution in [0.4, 0.5) is 5.69 Å². The fraction of sp³-hybridized carbons (Fsp3) is 0.571. The molecule has 0 amide bonds. The molecule has 0 aromatic heterocycles. The summed E-state index contributed by atoms with van der Waals surface area (Å²) in [6.07, 6.45) is 1.01. The molecule has 3 N–H and O–H groups in total. The Balaban J connectivity index is 2.01. The van der Waals surface area contributed by atoms with Gasteiger partial charge < -0.3 is 10.6 Å². The zero-order valence-corrected chi connectivity index (χ0v) is 13.9. The molecule has 118 valence electrons. The third-order valence-electron chi connectivity index (χ3n) is 3.85. The van der Waals surface area contributed by atoms with Crippen molar-refractivity contribution in [2.24, 2.45) is 5.92 Å². The Morgan fingerprint density at radius 2 is 2.19 bits per heavy atom. The average molecular weight is 332 g/mol. The lowest BCUT2D eigenvalue weighted by atomic mass is 10.1. The van der Waals surface area contributed by atoms with E-state index in [1.165, 1.54) is 12.1 Å². The highest BCUT2D eigenvalue weighted by Crippen LogP contribution is 2.24. The smallest absolute Gasteiger partial charge is 0.242 e. The van der Waals surface area contributed by atoms with Gasteiger partial charge in [-0.2, -0.15) is 0 Å². The lowest BCUT2D eigenvalue weighted by Crippen LogP contribution is -2.33. The molecular formula is C14H22ClN3O2S.